The van der Waals surface area contributed by atoms with Crippen LogP contribution in [-0.2, 0) is 16.0 Å². The second kappa shape index (κ2) is 14.9. The van der Waals surface area contributed by atoms with E-state index in [9.17, 15) is 9.59 Å². The van der Waals surface area contributed by atoms with Gasteiger partial charge in [0, 0.05) is 65.1 Å². The third kappa shape index (κ3) is 9.28. The highest BCUT2D eigenvalue weighted by molar-refractivity contribution is 8.00. The van der Waals surface area contributed by atoms with Crippen LogP contribution in [0.15, 0.2) is 52.3 Å². The van der Waals surface area contributed by atoms with Crippen LogP contribution in [0.1, 0.15) is 29.2 Å². The fourth-order valence-electron chi connectivity index (χ4n) is 4.14. The normalized spacial score (nSPS) is 17.8. The van der Waals surface area contributed by atoms with Gasteiger partial charge in [0.15, 0.2) is 0 Å². The summed E-state index contributed by atoms with van der Waals surface area (Å²) in [5.41, 5.74) is 2.82. The molecule has 2 aromatic carbocycles. The maximum Gasteiger partial charge on any atom is 0.303 e. The molecule has 2 aliphatic rings. The number of piperazine rings is 1. The molecule has 0 amide bonds. The lowest BCUT2D eigenvalue weighted by Gasteiger charge is -2.34. The third-order valence-electron chi connectivity index (χ3n) is 6.07. The third-order valence-corrected chi connectivity index (χ3v) is 8.76. The molecule has 2 heterocycles. The van der Waals surface area contributed by atoms with Crippen molar-refractivity contribution in [2.45, 2.75) is 34.3 Å². The molecule has 3 N–H and O–H groups in total. The number of rotatable bonds is 9. The second-order valence-electron chi connectivity index (χ2n) is 8.65. The van der Waals surface area contributed by atoms with Crippen molar-refractivity contribution >= 4 is 47.1 Å². The number of hydrogen-bond donors (Lipinski definition) is 3. The van der Waals surface area contributed by atoms with Crippen molar-refractivity contribution in [3.05, 3.63) is 58.6 Å². The lowest BCUT2D eigenvalue weighted by Crippen LogP contribution is -2.47. The van der Waals surface area contributed by atoms with Gasteiger partial charge in [-0.15, -0.1) is 0 Å². The van der Waals surface area contributed by atoms with Crippen LogP contribution >= 0.6 is 35.1 Å². The van der Waals surface area contributed by atoms with Crippen LogP contribution in [0.2, 0.25) is 5.02 Å². The molecule has 0 bridgehead atoms. The van der Waals surface area contributed by atoms with Gasteiger partial charge in [0.1, 0.15) is 0 Å². The summed E-state index contributed by atoms with van der Waals surface area (Å²) in [4.78, 5) is 26.9. The predicted molar refractivity (Wildman–Crippen MR) is 145 cm³/mol. The van der Waals surface area contributed by atoms with E-state index in [0.717, 1.165) is 56.5 Å². The molecule has 1 fully saturated rings. The van der Waals surface area contributed by atoms with Crippen molar-refractivity contribution in [1.29, 1.82) is 0 Å². The van der Waals surface area contributed by atoms with Crippen molar-refractivity contribution in [3.8, 4) is 0 Å². The Morgan fingerprint density at radius 3 is 2.22 bits per heavy atom. The number of nitrogens with zero attached hydrogens (tertiary/aromatic N) is 2. The summed E-state index contributed by atoms with van der Waals surface area (Å²) in [6.07, 6.45) is 0.444. The zero-order valence-corrected chi connectivity index (χ0v) is 22.5. The number of fused-ring (bicyclic) bond motifs is 2. The first-order chi connectivity index (χ1) is 17.4. The van der Waals surface area contributed by atoms with Gasteiger partial charge in [-0.25, -0.2) is 0 Å². The van der Waals surface area contributed by atoms with E-state index in [0.29, 0.717) is 5.25 Å². The monoisotopic (exact) mass is 552 g/mol. The van der Waals surface area contributed by atoms with Crippen molar-refractivity contribution in [2.75, 3.05) is 51.6 Å². The van der Waals surface area contributed by atoms with Gasteiger partial charge in [-0.1, -0.05) is 41.6 Å². The smallest absolute Gasteiger partial charge is 0.303 e. The van der Waals surface area contributed by atoms with E-state index in [1.54, 1.807) is 0 Å². The summed E-state index contributed by atoms with van der Waals surface area (Å²) in [6, 6.07) is 15.1. The van der Waals surface area contributed by atoms with Crippen LogP contribution in [0, 0.1) is 0 Å². The summed E-state index contributed by atoms with van der Waals surface area (Å²) in [7, 11) is 0. The number of aliphatic hydroxyl groups excluding tert-OH is 1. The highest BCUT2D eigenvalue weighted by Crippen LogP contribution is 2.46. The minimum atomic E-state index is -1.08. The van der Waals surface area contributed by atoms with Crippen molar-refractivity contribution < 1.29 is 24.9 Å². The van der Waals surface area contributed by atoms with E-state index in [-0.39, 0.29) is 19.4 Å². The largest absolute Gasteiger partial charge is 0.481 e. The molecule has 0 aliphatic carbocycles. The molecule has 196 valence electrons. The summed E-state index contributed by atoms with van der Waals surface area (Å²) in [6.45, 7) is 6.56. The summed E-state index contributed by atoms with van der Waals surface area (Å²) in [5, 5.41) is 26.2. The fraction of sp³-hybridized carbons (Fsp3) is 0.462. The Morgan fingerprint density at radius 1 is 0.944 bits per heavy atom. The maximum atomic E-state index is 9.64. The minimum absolute atomic E-state index is 0.264. The highest BCUT2D eigenvalue weighted by atomic mass is 35.5. The highest BCUT2D eigenvalue weighted by Gasteiger charge is 2.24. The summed E-state index contributed by atoms with van der Waals surface area (Å²) < 4.78 is 0. The van der Waals surface area contributed by atoms with Crippen LogP contribution in [0.4, 0.5) is 0 Å². The topological polar surface area (TPSA) is 101 Å². The lowest BCUT2D eigenvalue weighted by molar-refractivity contribution is -0.143. The molecule has 1 saturated heterocycles. The molecule has 0 radical (unpaired) electrons. The molecule has 10 heteroatoms. The Hall–Kier alpha value is -1.75. The van der Waals surface area contributed by atoms with Crippen LogP contribution in [0.3, 0.4) is 0 Å². The molecule has 1 unspecified atom stereocenters. The number of halogens is 1. The summed E-state index contributed by atoms with van der Waals surface area (Å²) in [5.74, 6) is -1.01. The van der Waals surface area contributed by atoms with Crippen LogP contribution in [-0.4, -0.2) is 88.7 Å². The molecule has 2 aliphatic heterocycles. The van der Waals surface area contributed by atoms with Crippen LogP contribution < -0.4 is 0 Å². The Balaban J connectivity index is 0.000000392. The Labute approximate surface area is 225 Å². The number of carboxylic acid groups (broad SMARTS) is 2. The van der Waals surface area contributed by atoms with Crippen LogP contribution in [0.5, 0.6) is 0 Å². The van der Waals surface area contributed by atoms with E-state index in [4.69, 9.17) is 26.9 Å². The molecule has 1 atom stereocenters. The van der Waals surface area contributed by atoms with E-state index in [1.807, 2.05) is 17.8 Å². The SMILES string of the molecule is O=C(O)CCC(=O)O.OCCN1CCN(CCSC2Cc3cc(Cl)ccc3Sc3ccccc32)CC1. The van der Waals surface area contributed by atoms with Crippen molar-refractivity contribution in [2.24, 2.45) is 0 Å². The van der Waals surface area contributed by atoms with E-state index >= 15 is 0 Å². The number of aliphatic carboxylic acids is 2. The zero-order chi connectivity index (χ0) is 25.9. The Bertz CT molecular complexity index is 1000. The second-order valence-corrected chi connectivity index (χ2v) is 11.5. The number of carboxylic acids is 2. The first kappa shape index (κ1) is 28.8. The number of benzene rings is 2. The molecule has 0 saturated carbocycles. The molecule has 0 aromatic heterocycles. The first-order valence-electron chi connectivity index (χ1n) is 12.0. The van der Waals surface area contributed by atoms with Crippen molar-refractivity contribution in [1.82, 2.24) is 9.80 Å². The number of carbonyl (C=O) groups is 2. The number of thioether (sulfide) groups is 1. The van der Waals surface area contributed by atoms with E-state index in [1.165, 1.54) is 20.9 Å². The molecule has 7 nitrogen and oxygen atoms in total. The number of hydrogen-bond acceptors (Lipinski definition) is 7. The van der Waals surface area contributed by atoms with Gasteiger partial charge in [-0.2, -0.15) is 11.8 Å². The number of aliphatic hydroxyl groups is 1. The number of β-amino-alcohol motifs (C(OH)–C–C–N with tert-alkyl or cyclic N) is 1. The van der Waals surface area contributed by atoms with Crippen LogP contribution in [0.25, 0.3) is 0 Å². The van der Waals surface area contributed by atoms with Gasteiger partial charge in [-0.05, 0) is 41.8 Å². The molecule has 2 aromatic rings. The fourth-order valence-corrected chi connectivity index (χ4v) is 6.86. The molecule has 4 rings (SSSR count). The molecule has 0 spiro atoms. The average Bonchev–Trinajstić information content (AvgIpc) is 3.01. The molecular formula is C26H33ClN2O5S2. The van der Waals surface area contributed by atoms with Gasteiger partial charge in [0.25, 0.3) is 0 Å². The lowest BCUT2D eigenvalue weighted by atomic mass is 10.0. The van der Waals surface area contributed by atoms with Gasteiger partial charge in [-0.3, -0.25) is 19.4 Å². The van der Waals surface area contributed by atoms with E-state index in [2.05, 4.69) is 58.0 Å². The van der Waals surface area contributed by atoms with Gasteiger partial charge in [0.05, 0.1) is 19.4 Å². The molecular weight excluding hydrogens is 520 g/mol. The quantitative estimate of drug-likeness (QED) is 0.418. The van der Waals surface area contributed by atoms with Gasteiger partial charge >= 0.3 is 11.9 Å². The average molecular weight is 553 g/mol. The Kier molecular flexibility index (Phi) is 11.9. The summed E-state index contributed by atoms with van der Waals surface area (Å²) >= 11 is 10.2. The van der Waals surface area contributed by atoms with Gasteiger partial charge < -0.3 is 15.3 Å². The first-order valence-corrected chi connectivity index (χ1v) is 14.3. The van der Waals surface area contributed by atoms with Crippen molar-refractivity contribution in [3.63, 3.8) is 0 Å². The zero-order valence-electron chi connectivity index (χ0n) is 20.1. The predicted octanol–water partition coefficient (Wildman–Crippen LogP) is 4.37. The minimum Gasteiger partial charge on any atom is -0.481 e. The van der Waals surface area contributed by atoms with Gasteiger partial charge in [0.2, 0.25) is 0 Å². The molecule has 36 heavy (non-hydrogen) atoms. The van der Waals surface area contributed by atoms with E-state index < -0.39 is 11.9 Å². The standard InChI is InChI=1S/C22H27ClN2OS2.C4H6O4/c23-18-5-6-20-17(15-18)16-22(19-3-1-2-4-21(19)28-20)27-14-12-25-9-7-24(8-10-25)11-13-26;5-3(6)1-2-4(7)8/h1-6,15,22,26H,7-14,16H2;1-2H2,(H,5,6)(H,7,8). The maximum absolute atomic E-state index is 9.64. The Morgan fingerprint density at radius 2 is 1.58 bits per heavy atom.